The van der Waals surface area contributed by atoms with Crippen LogP contribution in [-0.4, -0.2) is 17.4 Å². The molecule has 1 aliphatic rings. The molecule has 2 aromatic carbocycles. The zero-order valence-electron chi connectivity index (χ0n) is 13.7. The molecule has 0 saturated heterocycles. The maximum Gasteiger partial charge on any atom is 0.230 e. The highest BCUT2D eigenvalue weighted by atomic mass is 16.2. The largest absolute Gasteiger partial charge is 0.361 e. The highest BCUT2D eigenvalue weighted by molar-refractivity contribution is 5.89. The summed E-state index contributed by atoms with van der Waals surface area (Å²) in [5.41, 5.74) is 3.26. The minimum atomic E-state index is -0.304. The van der Waals surface area contributed by atoms with Crippen molar-refractivity contribution in [2.45, 2.75) is 31.1 Å². The third-order valence-corrected chi connectivity index (χ3v) is 5.32. The van der Waals surface area contributed by atoms with Crippen LogP contribution in [0.2, 0.25) is 0 Å². The number of aromatic nitrogens is 1. The van der Waals surface area contributed by atoms with Gasteiger partial charge >= 0.3 is 0 Å². The Balaban J connectivity index is 1.43. The fourth-order valence-electron chi connectivity index (χ4n) is 3.75. The van der Waals surface area contributed by atoms with E-state index in [2.05, 4.69) is 40.6 Å². The van der Waals surface area contributed by atoms with Crippen LogP contribution in [0, 0.1) is 0 Å². The van der Waals surface area contributed by atoms with Crippen molar-refractivity contribution in [1.82, 2.24) is 10.3 Å². The predicted octanol–water partition coefficient (Wildman–Crippen LogP) is 3.95. The molecular formula is C21H22N2O. The van der Waals surface area contributed by atoms with Gasteiger partial charge in [-0.2, -0.15) is 0 Å². The van der Waals surface area contributed by atoms with Crippen LogP contribution >= 0.6 is 0 Å². The molecule has 0 unspecified atom stereocenters. The van der Waals surface area contributed by atoms with Gasteiger partial charge in [-0.15, -0.1) is 0 Å². The standard InChI is InChI=1S/C21H22N2O/c24-20(21(12-6-13-21)17-7-2-1-3-8-17)22-14-11-16-15-23-19-10-5-4-9-18(16)19/h1-5,7-10,15,23H,6,11-14H2,(H,22,24). The second kappa shape index (κ2) is 6.16. The maximum atomic E-state index is 12.8. The molecule has 3 nitrogen and oxygen atoms in total. The van der Waals surface area contributed by atoms with Crippen LogP contribution in [0.15, 0.2) is 60.8 Å². The van der Waals surface area contributed by atoms with E-state index in [0.717, 1.165) is 36.8 Å². The number of benzene rings is 2. The van der Waals surface area contributed by atoms with Crippen LogP contribution in [0.25, 0.3) is 10.9 Å². The SMILES string of the molecule is O=C(NCCc1c[nH]c2ccccc12)C1(c2ccccc2)CCC1. The normalized spacial score (nSPS) is 15.8. The van der Waals surface area contributed by atoms with Gasteiger partial charge < -0.3 is 10.3 Å². The molecule has 2 N–H and O–H groups in total. The minimum Gasteiger partial charge on any atom is -0.361 e. The van der Waals surface area contributed by atoms with Gasteiger partial charge in [-0.05, 0) is 36.5 Å². The minimum absolute atomic E-state index is 0.180. The number of carbonyl (C=O) groups is 1. The van der Waals surface area contributed by atoms with E-state index in [0.29, 0.717) is 6.54 Å². The van der Waals surface area contributed by atoms with Gasteiger partial charge in [0, 0.05) is 23.6 Å². The number of hydrogen-bond acceptors (Lipinski definition) is 1. The van der Waals surface area contributed by atoms with Crippen molar-refractivity contribution in [2.75, 3.05) is 6.54 Å². The van der Waals surface area contributed by atoms with Crippen molar-refractivity contribution in [3.05, 3.63) is 71.9 Å². The predicted molar refractivity (Wildman–Crippen MR) is 97.0 cm³/mol. The Bertz CT molecular complexity index is 846. The Morgan fingerprint density at radius 3 is 2.54 bits per heavy atom. The van der Waals surface area contributed by atoms with E-state index in [9.17, 15) is 4.79 Å². The lowest BCUT2D eigenvalue weighted by Gasteiger charge is -2.40. The molecular weight excluding hydrogens is 296 g/mol. The topological polar surface area (TPSA) is 44.9 Å². The van der Waals surface area contributed by atoms with Crippen LogP contribution in [-0.2, 0) is 16.6 Å². The number of nitrogens with one attached hydrogen (secondary N) is 2. The average molecular weight is 318 g/mol. The van der Waals surface area contributed by atoms with Gasteiger partial charge in [-0.25, -0.2) is 0 Å². The van der Waals surface area contributed by atoms with E-state index in [1.807, 2.05) is 30.5 Å². The zero-order chi connectivity index (χ0) is 16.4. The Morgan fingerprint density at radius 1 is 1.04 bits per heavy atom. The maximum absolute atomic E-state index is 12.8. The molecule has 1 aromatic heterocycles. The van der Waals surface area contributed by atoms with Gasteiger partial charge in [0.05, 0.1) is 5.41 Å². The molecule has 1 saturated carbocycles. The van der Waals surface area contributed by atoms with Crippen LogP contribution in [0.4, 0.5) is 0 Å². The number of hydrogen-bond donors (Lipinski definition) is 2. The van der Waals surface area contributed by atoms with Crippen molar-refractivity contribution < 1.29 is 4.79 Å². The zero-order valence-corrected chi connectivity index (χ0v) is 13.7. The van der Waals surface area contributed by atoms with Gasteiger partial charge in [-0.3, -0.25) is 4.79 Å². The highest BCUT2D eigenvalue weighted by Gasteiger charge is 2.45. The summed E-state index contributed by atoms with van der Waals surface area (Å²) < 4.78 is 0. The molecule has 0 spiro atoms. The number of rotatable bonds is 5. The van der Waals surface area contributed by atoms with E-state index in [-0.39, 0.29) is 11.3 Å². The number of fused-ring (bicyclic) bond motifs is 1. The molecule has 3 heteroatoms. The first-order valence-corrected chi connectivity index (χ1v) is 8.68. The fraction of sp³-hybridized carbons (Fsp3) is 0.286. The second-order valence-corrected chi connectivity index (χ2v) is 6.67. The van der Waals surface area contributed by atoms with Crippen LogP contribution < -0.4 is 5.32 Å². The molecule has 0 aliphatic heterocycles. The molecule has 1 fully saturated rings. The van der Waals surface area contributed by atoms with E-state index < -0.39 is 0 Å². The fourth-order valence-corrected chi connectivity index (χ4v) is 3.75. The first-order chi connectivity index (χ1) is 11.8. The summed E-state index contributed by atoms with van der Waals surface area (Å²) >= 11 is 0. The van der Waals surface area contributed by atoms with Crippen molar-refractivity contribution in [3.63, 3.8) is 0 Å². The van der Waals surface area contributed by atoms with Crippen molar-refractivity contribution in [2.24, 2.45) is 0 Å². The number of para-hydroxylation sites is 1. The lowest BCUT2D eigenvalue weighted by Crippen LogP contribution is -2.49. The summed E-state index contributed by atoms with van der Waals surface area (Å²) in [5, 5.41) is 4.42. The molecule has 1 aliphatic carbocycles. The molecule has 1 amide bonds. The smallest absolute Gasteiger partial charge is 0.230 e. The van der Waals surface area contributed by atoms with E-state index in [4.69, 9.17) is 0 Å². The van der Waals surface area contributed by atoms with Gasteiger partial charge in [-0.1, -0.05) is 55.0 Å². The Labute approximate surface area is 142 Å². The Hall–Kier alpha value is -2.55. The van der Waals surface area contributed by atoms with Crippen molar-refractivity contribution in [1.29, 1.82) is 0 Å². The Morgan fingerprint density at radius 2 is 1.79 bits per heavy atom. The molecule has 122 valence electrons. The summed E-state index contributed by atoms with van der Waals surface area (Å²) in [6, 6.07) is 18.5. The lowest BCUT2D eigenvalue weighted by molar-refractivity contribution is -0.129. The molecule has 0 atom stereocenters. The molecule has 1 heterocycles. The quantitative estimate of drug-likeness (QED) is 0.735. The van der Waals surface area contributed by atoms with Crippen LogP contribution in [0.1, 0.15) is 30.4 Å². The first-order valence-electron chi connectivity index (χ1n) is 8.68. The van der Waals surface area contributed by atoms with Crippen LogP contribution in [0.5, 0.6) is 0 Å². The Kier molecular flexibility index (Phi) is 3.85. The summed E-state index contributed by atoms with van der Waals surface area (Å²) in [6.07, 6.45) is 5.93. The number of H-pyrrole nitrogens is 1. The number of carbonyl (C=O) groups excluding carboxylic acids is 1. The summed E-state index contributed by atoms with van der Waals surface area (Å²) in [4.78, 5) is 16.1. The first kappa shape index (κ1) is 15.0. The van der Waals surface area contributed by atoms with Gasteiger partial charge in [0.1, 0.15) is 0 Å². The van der Waals surface area contributed by atoms with Crippen molar-refractivity contribution >= 4 is 16.8 Å². The van der Waals surface area contributed by atoms with Gasteiger partial charge in [0.2, 0.25) is 5.91 Å². The van der Waals surface area contributed by atoms with Gasteiger partial charge in [0.15, 0.2) is 0 Å². The van der Waals surface area contributed by atoms with Crippen molar-refractivity contribution in [3.8, 4) is 0 Å². The van der Waals surface area contributed by atoms with E-state index in [1.165, 1.54) is 10.9 Å². The summed E-state index contributed by atoms with van der Waals surface area (Å²) in [7, 11) is 0. The summed E-state index contributed by atoms with van der Waals surface area (Å²) in [6.45, 7) is 0.676. The molecule has 24 heavy (non-hydrogen) atoms. The number of amides is 1. The molecule has 3 aromatic rings. The third-order valence-electron chi connectivity index (χ3n) is 5.32. The van der Waals surface area contributed by atoms with Gasteiger partial charge in [0.25, 0.3) is 0 Å². The average Bonchev–Trinajstić information content (AvgIpc) is 2.98. The molecule has 4 rings (SSSR count). The third kappa shape index (κ3) is 2.50. The number of aromatic amines is 1. The molecule has 0 bridgehead atoms. The molecule has 0 radical (unpaired) electrons. The monoisotopic (exact) mass is 318 g/mol. The highest BCUT2D eigenvalue weighted by Crippen LogP contribution is 2.43. The van der Waals surface area contributed by atoms with E-state index >= 15 is 0 Å². The lowest BCUT2D eigenvalue weighted by atomic mass is 9.64. The van der Waals surface area contributed by atoms with E-state index in [1.54, 1.807) is 0 Å². The van der Waals surface area contributed by atoms with Crippen LogP contribution in [0.3, 0.4) is 0 Å². The summed E-state index contributed by atoms with van der Waals surface area (Å²) in [5.74, 6) is 0.180. The second-order valence-electron chi connectivity index (χ2n) is 6.67.